The summed E-state index contributed by atoms with van der Waals surface area (Å²) in [6.07, 6.45) is 6.57. The molecule has 1 aromatic heterocycles. The van der Waals surface area contributed by atoms with Crippen LogP contribution in [-0.2, 0) is 34.8 Å². The van der Waals surface area contributed by atoms with Crippen molar-refractivity contribution in [1.82, 2.24) is 14.3 Å². The molecule has 0 aliphatic heterocycles. The Morgan fingerprint density at radius 1 is 1.12 bits per heavy atom. The number of aromatic nitrogens is 2. The van der Waals surface area contributed by atoms with Crippen LogP contribution in [0.2, 0.25) is 0 Å². The standard InChI is InChI=1S/C32H33FN4O3S/c1-21-9-13-26(14-10-21)41(39,40)35-30-8-4-5-22-11-12-25(18-28(22)30)37(20-31-34-15-16-36(31)2)32(38)29-19-27(29)23-6-3-7-24(33)17-23/h3,6-7,9-18,27,29-30,35H,4-5,8,19-20H2,1-2H3/t27-,29-,30-/m1/s1. The van der Waals surface area contributed by atoms with Crippen LogP contribution in [0.4, 0.5) is 10.1 Å². The fourth-order valence-corrected chi connectivity index (χ4v) is 7.06. The van der Waals surface area contributed by atoms with Crippen LogP contribution >= 0.6 is 0 Å². The number of hydrogen-bond donors (Lipinski definition) is 1. The van der Waals surface area contributed by atoms with Crippen LogP contribution in [0, 0.1) is 18.7 Å². The van der Waals surface area contributed by atoms with Gasteiger partial charge in [-0.2, -0.15) is 0 Å². The van der Waals surface area contributed by atoms with Crippen molar-refractivity contribution in [3.05, 3.63) is 113 Å². The summed E-state index contributed by atoms with van der Waals surface area (Å²) in [6, 6.07) is 18.8. The smallest absolute Gasteiger partial charge is 0.241 e. The maximum atomic E-state index is 14.0. The first kappa shape index (κ1) is 27.4. The molecule has 0 bridgehead atoms. The Morgan fingerprint density at radius 2 is 1.93 bits per heavy atom. The second-order valence-corrected chi connectivity index (χ2v) is 12.9. The van der Waals surface area contributed by atoms with E-state index in [2.05, 4.69) is 9.71 Å². The first-order chi connectivity index (χ1) is 19.7. The van der Waals surface area contributed by atoms with E-state index in [1.54, 1.807) is 41.4 Å². The third kappa shape index (κ3) is 5.69. The highest BCUT2D eigenvalue weighted by molar-refractivity contribution is 7.89. The molecule has 2 aliphatic rings. The molecule has 6 rings (SSSR count). The predicted molar refractivity (Wildman–Crippen MR) is 155 cm³/mol. The number of carbonyl (C=O) groups is 1. The maximum absolute atomic E-state index is 14.0. The molecule has 41 heavy (non-hydrogen) atoms. The van der Waals surface area contributed by atoms with Crippen molar-refractivity contribution in [1.29, 1.82) is 0 Å². The zero-order valence-corrected chi connectivity index (χ0v) is 23.9. The van der Waals surface area contributed by atoms with Gasteiger partial charge in [0.05, 0.1) is 11.4 Å². The number of sulfonamides is 1. The van der Waals surface area contributed by atoms with E-state index in [4.69, 9.17) is 0 Å². The van der Waals surface area contributed by atoms with Gasteiger partial charge in [-0.3, -0.25) is 4.79 Å². The van der Waals surface area contributed by atoms with Crippen molar-refractivity contribution in [2.75, 3.05) is 4.90 Å². The minimum Gasteiger partial charge on any atom is -0.337 e. The molecule has 3 atom stereocenters. The number of imidazole rings is 1. The van der Waals surface area contributed by atoms with Gasteiger partial charge < -0.3 is 9.47 Å². The molecule has 1 saturated carbocycles. The molecule has 1 amide bonds. The van der Waals surface area contributed by atoms with Gasteiger partial charge in [-0.05, 0) is 91.6 Å². The average molecular weight is 573 g/mol. The molecule has 2 aliphatic carbocycles. The van der Waals surface area contributed by atoms with Gasteiger partial charge in [-0.1, -0.05) is 35.9 Å². The Balaban J connectivity index is 1.31. The van der Waals surface area contributed by atoms with Crippen molar-refractivity contribution < 1.29 is 17.6 Å². The van der Waals surface area contributed by atoms with E-state index in [0.29, 0.717) is 18.5 Å². The maximum Gasteiger partial charge on any atom is 0.241 e. The Hall–Kier alpha value is -3.82. The summed E-state index contributed by atoms with van der Waals surface area (Å²) in [5, 5.41) is 0. The molecule has 212 valence electrons. The summed E-state index contributed by atoms with van der Waals surface area (Å²) in [5.74, 6) is 0.0856. The lowest BCUT2D eigenvalue weighted by Gasteiger charge is -2.29. The van der Waals surface area contributed by atoms with Gasteiger partial charge in [0.1, 0.15) is 11.6 Å². The van der Waals surface area contributed by atoms with Crippen LogP contribution in [0.15, 0.2) is 84.0 Å². The molecular weight excluding hydrogens is 539 g/mol. The second kappa shape index (κ2) is 10.9. The summed E-state index contributed by atoms with van der Waals surface area (Å²) in [7, 11) is -1.85. The van der Waals surface area contributed by atoms with Crippen molar-refractivity contribution in [3.8, 4) is 0 Å². The molecule has 4 aromatic rings. The molecule has 7 nitrogen and oxygen atoms in total. The number of hydrogen-bond acceptors (Lipinski definition) is 4. The Morgan fingerprint density at radius 3 is 2.66 bits per heavy atom. The average Bonchev–Trinajstić information content (AvgIpc) is 3.66. The number of nitrogens with zero attached hydrogens (tertiary/aromatic N) is 3. The Kier molecular flexibility index (Phi) is 7.25. The van der Waals surface area contributed by atoms with Gasteiger partial charge in [0.25, 0.3) is 0 Å². The SMILES string of the molecule is Cc1ccc(S(=O)(=O)N[C@@H]2CCCc3ccc(N(Cc4nccn4C)C(=O)[C@@H]4C[C@@H]4c4cccc(F)c4)cc32)cc1. The number of rotatable bonds is 8. The van der Waals surface area contributed by atoms with Crippen LogP contribution in [-0.4, -0.2) is 23.9 Å². The minimum absolute atomic E-state index is 0.0336. The van der Waals surface area contributed by atoms with Gasteiger partial charge in [-0.15, -0.1) is 0 Å². The molecule has 0 spiro atoms. The summed E-state index contributed by atoms with van der Waals surface area (Å²) in [4.78, 5) is 20.4. The molecule has 0 unspecified atom stereocenters. The largest absolute Gasteiger partial charge is 0.337 e. The zero-order valence-electron chi connectivity index (χ0n) is 23.1. The van der Waals surface area contributed by atoms with Crippen molar-refractivity contribution in [2.45, 2.75) is 56.0 Å². The molecule has 1 heterocycles. The lowest BCUT2D eigenvalue weighted by atomic mass is 9.87. The number of aryl methyl sites for hydroxylation is 3. The highest BCUT2D eigenvalue weighted by Gasteiger charge is 2.46. The van der Waals surface area contributed by atoms with Crippen LogP contribution < -0.4 is 9.62 Å². The lowest BCUT2D eigenvalue weighted by molar-refractivity contribution is -0.120. The molecule has 0 saturated heterocycles. The van der Waals surface area contributed by atoms with E-state index in [0.717, 1.165) is 40.9 Å². The quantitative estimate of drug-likeness (QED) is 0.300. The summed E-state index contributed by atoms with van der Waals surface area (Å²) < 4.78 is 45.2. The summed E-state index contributed by atoms with van der Waals surface area (Å²) in [6.45, 7) is 2.19. The fraction of sp³-hybridized carbons (Fsp3) is 0.312. The summed E-state index contributed by atoms with van der Waals surface area (Å²) >= 11 is 0. The second-order valence-electron chi connectivity index (χ2n) is 11.1. The van der Waals surface area contributed by atoms with Crippen LogP contribution in [0.5, 0.6) is 0 Å². The van der Waals surface area contributed by atoms with Crippen LogP contribution in [0.25, 0.3) is 0 Å². The number of halogens is 1. The molecule has 9 heteroatoms. The van der Waals surface area contributed by atoms with E-state index >= 15 is 0 Å². The number of carbonyl (C=O) groups excluding carboxylic acids is 1. The van der Waals surface area contributed by atoms with E-state index in [-0.39, 0.29) is 35.0 Å². The van der Waals surface area contributed by atoms with Gasteiger partial charge in [0, 0.05) is 37.1 Å². The van der Waals surface area contributed by atoms with Crippen molar-refractivity contribution in [2.24, 2.45) is 13.0 Å². The highest BCUT2D eigenvalue weighted by atomic mass is 32.2. The first-order valence-electron chi connectivity index (χ1n) is 13.9. The van der Waals surface area contributed by atoms with E-state index in [9.17, 15) is 17.6 Å². The number of amides is 1. The molecule has 0 radical (unpaired) electrons. The van der Waals surface area contributed by atoms with Gasteiger partial charge in [-0.25, -0.2) is 22.5 Å². The molecule has 1 N–H and O–H groups in total. The number of fused-ring (bicyclic) bond motifs is 1. The van der Waals surface area contributed by atoms with Crippen molar-refractivity contribution >= 4 is 21.6 Å². The number of anilines is 1. The monoisotopic (exact) mass is 572 g/mol. The number of benzene rings is 3. The molecule has 3 aromatic carbocycles. The molecule has 1 fully saturated rings. The third-order valence-electron chi connectivity index (χ3n) is 8.26. The van der Waals surface area contributed by atoms with E-state index in [1.165, 1.54) is 12.1 Å². The fourth-order valence-electron chi connectivity index (χ4n) is 5.81. The van der Waals surface area contributed by atoms with Crippen molar-refractivity contribution in [3.63, 3.8) is 0 Å². The zero-order chi connectivity index (χ0) is 28.7. The van der Waals surface area contributed by atoms with Gasteiger partial charge in [0.2, 0.25) is 15.9 Å². The van der Waals surface area contributed by atoms with Gasteiger partial charge >= 0.3 is 0 Å². The first-order valence-corrected chi connectivity index (χ1v) is 15.4. The van der Waals surface area contributed by atoms with Crippen LogP contribution in [0.3, 0.4) is 0 Å². The minimum atomic E-state index is -3.73. The topological polar surface area (TPSA) is 84.3 Å². The third-order valence-corrected chi connectivity index (χ3v) is 9.74. The predicted octanol–water partition coefficient (Wildman–Crippen LogP) is 5.56. The highest BCUT2D eigenvalue weighted by Crippen LogP contribution is 2.49. The van der Waals surface area contributed by atoms with Gasteiger partial charge in [0.15, 0.2) is 0 Å². The molecular formula is C32H33FN4O3S. The van der Waals surface area contributed by atoms with Crippen LogP contribution in [0.1, 0.15) is 59.3 Å². The van der Waals surface area contributed by atoms with E-state index in [1.807, 2.05) is 49.0 Å². The number of nitrogens with one attached hydrogen (secondary N) is 1. The Bertz CT molecular complexity index is 1700. The Labute approximate surface area is 240 Å². The summed E-state index contributed by atoms with van der Waals surface area (Å²) in [5.41, 5.74) is 4.48. The van der Waals surface area contributed by atoms with E-state index < -0.39 is 16.1 Å². The lowest BCUT2D eigenvalue weighted by Crippen LogP contribution is -2.34. The normalized spacial score (nSPS) is 19.9.